The summed E-state index contributed by atoms with van der Waals surface area (Å²) in [6.45, 7) is 7.60. The molecule has 9 heteroatoms. The number of aryl methyl sites for hydroxylation is 1. The Hall–Kier alpha value is -2.26. The van der Waals surface area contributed by atoms with E-state index >= 15 is 0 Å². The number of ether oxygens (including phenoxy) is 2. The van der Waals surface area contributed by atoms with Crippen LogP contribution in [-0.2, 0) is 9.47 Å². The predicted octanol–water partition coefficient (Wildman–Crippen LogP) is 3.72. The molecule has 184 valence electrons. The monoisotopic (exact) mass is 494 g/mol. The molecule has 4 aliphatic rings. The lowest BCUT2D eigenvalue weighted by molar-refractivity contribution is 0.0988. The standard InChI is InChI=1S/C26H31ClN6O2/c1-16-29-25(32-13-21-9-20(32)15-35-21)11-26(30-16)33-24-10-22(23(27)8-18(24)12-28-33)17-2-5-31(6-3-17)19-4-7-34-14-19/h8,10-12,17,19-21H,2-7,9,13-15H2,1H3/t19?,20-,21-/m1/s1. The fourth-order valence-corrected chi connectivity index (χ4v) is 6.74. The summed E-state index contributed by atoms with van der Waals surface area (Å²) in [6, 6.07) is 7.37. The molecule has 0 saturated carbocycles. The van der Waals surface area contributed by atoms with Gasteiger partial charge in [0.2, 0.25) is 0 Å². The van der Waals surface area contributed by atoms with Gasteiger partial charge in [-0.2, -0.15) is 5.10 Å². The first-order chi connectivity index (χ1) is 17.1. The largest absolute Gasteiger partial charge is 0.380 e. The Morgan fingerprint density at radius 2 is 1.86 bits per heavy atom. The van der Waals surface area contributed by atoms with Crippen LogP contribution in [0.5, 0.6) is 0 Å². The van der Waals surface area contributed by atoms with Crippen molar-refractivity contribution in [2.24, 2.45) is 0 Å². The SMILES string of the molecule is Cc1nc(N2C[C@H]3C[C@@H]2CO3)cc(-n2ncc3cc(Cl)c(C4CCN(C5CCOC5)CC4)cc32)n1. The van der Waals surface area contributed by atoms with Gasteiger partial charge in [-0.3, -0.25) is 4.90 Å². The molecule has 7 rings (SSSR count). The van der Waals surface area contributed by atoms with Gasteiger partial charge in [0.25, 0.3) is 0 Å². The highest BCUT2D eigenvalue weighted by atomic mass is 35.5. The number of piperidine rings is 1. The van der Waals surface area contributed by atoms with Crippen LogP contribution in [0.1, 0.15) is 43.0 Å². The maximum absolute atomic E-state index is 6.81. The molecule has 1 unspecified atom stereocenters. The van der Waals surface area contributed by atoms with E-state index in [0.717, 1.165) is 98.5 Å². The van der Waals surface area contributed by atoms with E-state index in [2.05, 4.69) is 28.0 Å². The van der Waals surface area contributed by atoms with E-state index in [-0.39, 0.29) is 0 Å². The molecule has 0 aliphatic carbocycles. The third kappa shape index (κ3) is 3.91. The molecular formula is C26H31ClN6O2. The summed E-state index contributed by atoms with van der Waals surface area (Å²) in [5.41, 5.74) is 2.27. The maximum Gasteiger partial charge on any atom is 0.159 e. The summed E-state index contributed by atoms with van der Waals surface area (Å²) >= 11 is 6.81. The van der Waals surface area contributed by atoms with Crippen LogP contribution in [0, 0.1) is 6.92 Å². The van der Waals surface area contributed by atoms with Crippen LogP contribution >= 0.6 is 11.6 Å². The smallest absolute Gasteiger partial charge is 0.159 e. The number of likely N-dealkylation sites (tertiary alicyclic amines) is 1. The molecule has 3 atom stereocenters. The zero-order valence-electron chi connectivity index (χ0n) is 20.1. The lowest BCUT2D eigenvalue weighted by atomic mass is 9.88. The van der Waals surface area contributed by atoms with Crippen LogP contribution in [0.25, 0.3) is 16.7 Å². The normalized spacial score (nSPS) is 27.5. The van der Waals surface area contributed by atoms with E-state index < -0.39 is 0 Å². The van der Waals surface area contributed by atoms with Gasteiger partial charge in [0.15, 0.2) is 5.82 Å². The van der Waals surface area contributed by atoms with Crippen LogP contribution in [-0.4, -0.2) is 82.3 Å². The summed E-state index contributed by atoms with van der Waals surface area (Å²) in [6.07, 6.45) is 6.68. The van der Waals surface area contributed by atoms with E-state index in [1.54, 1.807) is 0 Å². The number of benzene rings is 1. The Bertz CT molecular complexity index is 1250. The lowest BCUT2D eigenvalue weighted by Gasteiger charge is -2.35. The van der Waals surface area contributed by atoms with Crippen LogP contribution in [0.4, 0.5) is 5.82 Å². The van der Waals surface area contributed by atoms with Crippen molar-refractivity contribution in [2.45, 2.75) is 56.7 Å². The minimum absolute atomic E-state index is 0.321. The molecule has 0 radical (unpaired) electrons. The zero-order chi connectivity index (χ0) is 23.5. The quantitative estimate of drug-likeness (QED) is 0.547. The van der Waals surface area contributed by atoms with Gasteiger partial charge in [0.05, 0.1) is 37.1 Å². The lowest BCUT2D eigenvalue weighted by Crippen LogP contribution is -2.41. The second-order valence-corrected chi connectivity index (χ2v) is 10.9. The average Bonchev–Trinajstić information content (AvgIpc) is 3.68. The summed E-state index contributed by atoms with van der Waals surface area (Å²) in [5.74, 6) is 2.97. The first-order valence-electron chi connectivity index (χ1n) is 12.9. The molecular weight excluding hydrogens is 464 g/mol. The number of halogens is 1. The van der Waals surface area contributed by atoms with Crippen LogP contribution in [0.2, 0.25) is 5.02 Å². The van der Waals surface area contributed by atoms with Crippen molar-refractivity contribution in [3.05, 3.63) is 40.8 Å². The summed E-state index contributed by atoms with van der Waals surface area (Å²) in [4.78, 5) is 14.5. The Morgan fingerprint density at radius 1 is 1.00 bits per heavy atom. The molecule has 35 heavy (non-hydrogen) atoms. The van der Waals surface area contributed by atoms with Crippen molar-refractivity contribution in [3.63, 3.8) is 0 Å². The van der Waals surface area contributed by atoms with Crippen molar-refractivity contribution in [3.8, 4) is 5.82 Å². The molecule has 4 fully saturated rings. The molecule has 4 saturated heterocycles. The van der Waals surface area contributed by atoms with E-state index in [1.165, 1.54) is 5.56 Å². The average molecular weight is 495 g/mol. The van der Waals surface area contributed by atoms with Gasteiger partial charge in [-0.25, -0.2) is 14.6 Å². The van der Waals surface area contributed by atoms with Gasteiger partial charge in [-0.05, 0) is 69.3 Å². The Kier molecular flexibility index (Phi) is 5.46. The summed E-state index contributed by atoms with van der Waals surface area (Å²) in [5, 5.41) is 6.59. The van der Waals surface area contributed by atoms with Crippen LogP contribution in [0.15, 0.2) is 24.4 Å². The minimum Gasteiger partial charge on any atom is -0.380 e. The van der Waals surface area contributed by atoms with Crippen molar-refractivity contribution in [1.82, 2.24) is 24.6 Å². The summed E-state index contributed by atoms with van der Waals surface area (Å²) in [7, 11) is 0. The second kappa shape index (κ2) is 8.69. The maximum atomic E-state index is 6.81. The van der Waals surface area contributed by atoms with E-state index in [4.69, 9.17) is 36.1 Å². The topological polar surface area (TPSA) is 68.5 Å². The number of rotatable bonds is 4. The highest BCUT2D eigenvalue weighted by molar-refractivity contribution is 6.32. The number of nitrogens with zero attached hydrogens (tertiary/aromatic N) is 6. The number of hydrogen-bond acceptors (Lipinski definition) is 7. The van der Waals surface area contributed by atoms with E-state index in [1.807, 2.05) is 17.8 Å². The zero-order valence-corrected chi connectivity index (χ0v) is 20.8. The molecule has 4 aliphatic heterocycles. The molecule has 0 N–H and O–H groups in total. The Balaban J connectivity index is 1.19. The van der Waals surface area contributed by atoms with Gasteiger partial charge < -0.3 is 14.4 Å². The highest BCUT2D eigenvalue weighted by Crippen LogP contribution is 2.37. The summed E-state index contributed by atoms with van der Waals surface area (Å²) < 4.78 is 13.3. The number of morpholine rings is 1. The fourth-order valence-electron chi connectivity index (χ4n) is 6.42. The second-order valence-electron chi connectivity index (χ2n) is 10.4. The highest BCUT2D eigenvalue weighted by Gasteiger charge is 2.40. The van der Waals surface area contributed by atoms with Crippen LogP contribution < -0.4 is 4.90 Å². The van der Waals surface area contributed by atoms with Crippen molar-refractivity contribution < 1.29 is 9.47 Å². The molecule has 0 amide bonds. The first-order valence-corrected chi connectivity index (χ1v) is 13.2. The number of hydrogen-bond donors (Lipinski definition) is 0. The molecule has 1 aromatic carbocycles. The van der Waals surface area contributed by atoms with Gasteiger partial charge in [-0.1, -0.05) is 11.6 Å². The minimum atomic E-state index is 0.321. The van der Waals surface area contributed by atoms with Crippen LogP contribution in [0.3, 0.4) is 0 Å². The third-order valence-electron chi connectivity index (χ3n) is 8.30. The molecule has 0 spiro atoms. The molecule has 2 aromatic heterocycles. The fraction of sp³-hybridized carbons (Fsp3) is 0.577. The number of fused-ring (bicyclic) bond motifs is 3. The third-order valence-corrected chi connectivity index (χ3v) is 8.63. The first kappa shape index (κ1) is 22.0. The van der Waals surface area contributed by atoms with E-state index in [0.29, 0.717) is 24.1 Å². The number of anilines is 1. The molecule has 3 aromatic rings. The van der Waals surface area contributed by atoms with Crippen molar-refractivity contribution in [2.75, 3.05) is 44.4 Å². The van der Waals surface area contributed by atoms with Gasteiger partial charge in [0, 0.05) is 35.7 Å². The molecule has 6 heterocycles. The number of aromatic nitrogens is 4. The van der Waals surface area contributed by atoms with Crippen molar-refractivity contribution >= 4 is 28.3 Å². The molecule has 2 bridgehead atoms. The Labute approximate surface area is 210 Å². The molecule has 8 nitrogen and oxygen atoms in total. The van der Waals surface area contributed by atoms with E-state index in [9.17, 15) is 0 Å². The van der Waals surface area contributed by atoms with Crippen molar-refractivity contribution in [1.29, 1.82) is 0 Å². The van der Waals surface area contributed by atoms with Gasteiger partial charge in [0.1, 0.15) is 11.6 Å². The predicted molar refractivity (Wildman–Crippen MR) is 135 cm³/mol. The van der Waals surface area contributed by atoms with Gasteiger partial charge in [-0.15, -0.1) is 0 Å². The van der Waals surface area contributed by atoms with Gasteiger partial charge >= 0.3 is 0 Å². The Morgan fingerprint density at radius 3 is 2.60 bits per heavy atom.